The highest BCUT2D eigenvalue weighted by Crippen LogP contribution is 2.29. The molecule has 0 radical (unpaired) electrons. The molecule has 1 aromatic heterocycles. The predicted molar refractivity (Wildman–Crippen MR) is 148 cm³/mol. The molecule has 16 heteroatoms. The SMILES string of the molecule is O=C(COC(=O)CCc1ccc(S(=O)(=O)N2CCCCC2)cc1)Nc1ncc(S(=O)(=O)c2ccc([N+](=O)[O-])cc2)s1. The molecule has 0 atom stereocenters. The molecule has 2 heterocycles. The summed E-state index contributed by atoms with van der Waals surface area (Å²) in [5.74, 6) is -1.37. The Morgan fingerprint density at radius 3 is 2.24 bits per heavy atom. The van der Waals surface area contributed by atoms with Gasteiger partial charge in [-0.05, 0) is 49.1 Å². The van der Waals surface area contributed by atoms with Gasteiger partial charge in [0.2, 0.25) is 19.9 Å². The Kier molecular flexibility index (Phi) is 9.47. The largest absolute Gasteiger partial charge is 0.456 e. The molecule has 1 saturated heterocycles. The van der Waals surface area contributed by atoms with E-state index < -0.39 is 43.3 Å². The number of esters is 1. The number of ether oxygens (including phenoxy) is 1. The zero-order valence-corrected chi connectivity index (χ0v) is 24.0. The fourth-order valence-electron chi connectivity index (χ4n) is 4.01. The van der Waals surface area contributed by atoms with Crippen molar-refractivity contribution in [3.05, 3.63) is 70.4 Å². The molecule has 0 spiro atoms. The van der Waals surface area contributed by atoms with Crippen molar-refractivity contribution in [2.45, 2.75) is 46.1 Å². The number of hydrogen-bond acceptors (Lipinski definition) is 11. The molecule has 2 aromatic carbocycles. The summed E-state index contributed by atoms with van der Waals surface area (Å²) in [5, 5.41) is 13.1. The molecule has 0 aliphatic carbocycles. The maximum absolute atomic E-state index is 12.8. The number of benzene rings is 2. The van der Waals surface area contributed by atoms with Crippen LogP contribution < -0.4 is 5.32 Å². The molecule has 1 fully saturated rings. The van der Waals surface area contributed by atoms with E-state index in [0.717, 1.165) is 55.3 Å². The first-order valence-electron chi connectivity index (χ1n) is 12.5. The summed E-state index contributed by atoms with van der Waals surface area (Å²) < 4.78 is 57.3. The summed E-state index contributed by atoms with van der Waals surface area (Å²) in [7, 11) is -7.55. The van der Waals surface area contributed by atoms with Crippen molar-refractivity contribution >= 4 is 53.9 Å². The highest BCUT2D eigenvalue weighted by atomic mass is 32.2. The van der Waals surface area contributed by atoms with Gasteiger partial charge in [-0.1, -0.05) is 29.9 Å². The minimum atomic E-state index is -4.01. The standard InChI is InChI=1S/C25H26N4O9S3/c30-22(27-25-26-16-24(39-25)40(34,35)20-11-7-19(8-12-20)29(32)33)17-38-23(31)13-6-18-4-9-21(10-5-18)41(36,37)28-14-2-1-3-15-28/h4-5,7-12,16H,1-3,6,13-15,17H2,(H,26,27,30). The molecule has 3 aromatic rings. The van der Waals surface area contributed by atoms with Gasteiger partial charge in [0, 0.05) is 31.6 Å². The van der Waals surface area contributed by atoms with Gasteiger partial charge in [0.05, 0.1) is 20.9 Å². The van der Waals surface area contributed by atoms with Crippen LogP contribution in [-0.2, 0) is 40.6 Å². The lowest BCUT2D eigenvalue weighted by Gasteiger charge is -2.25. The number of sulfone groups is 1. The minimum absolute atomic E-state index is 0.0360. The summed E-state index contributed by atoms with van der Waals surface area (Å²) in [6.45, 7) is 0.402. The van der Waals surface area contributed by atoms with Gasteiger partial charge in [-0.15, -0.1) is 0 Å². The Morgan fingerprint density at radius 1 is 0.976 bits per heavy atom. The molecule has 4 rings (SSSR count). The van der Waals surface area contributed by atoms with Crippen LogP contribution in [0.2, 0.25) is 0 Å². The summed E-state index contributed by atoms with van der Waals surface area (Å²) in [6, 6.07) is 10.7. The number of sulfonamides is 1. The van der Waals surface area contributed by atoms with Gasteiger partial charge >= 0.3 is 5.97 Å². The molecule has 218 valence electrons. The second-order valence-electron chi connectivity index (χ2n) is 9.06. The Hall–Kier alpha value is -3.73. The summed E-state index contributed by atoms with van der Waals surface area (Å²) in [4.78, 5) is 38.3. The first-order chi connectivity index (χ1) is 19.5. The third kappa shape index (κ3) is 7.52. The van der Waals surface area contributed by atoms with Crippen LogP contribution in [0.1, 0.15) is 31.2 Å². The van der Waals surface area contributed by atoms with E-state index in [4.69, 9.17) is 4.74 Å². The highest BCUT2D eigenvalue weighted by Gasteiger charge is 2.26. The fourth-order valence-corrected chi connectivity index (χ4v) is 7.97. The lowest BCUT2D eigenvalue weighted by atomic mass is 10.1. The van der Waals surface area contributed by atoms with Crippen molar-refractivity contribution in [3.8, 4) is 0 Å². The number of thiazole rings is 1. The predicted octanol–water partition coefficient (Wildman–Crippen LogP) is 3.17. The van der Waals surface area contributed by atoms with Crippen LogP contribution in [-0.4, -0.2) is 62.6 Å². The smallest absolute Gasteiger partial charge is 0.306 e. The lowest BCUT2D eigenvalue weighted by molar-refractivity contribution is -0.384. The van der Waals surface area contributed by atoms with Crippen LogP contribution >= 0.6 is 11.3 Å². The number of aromatic nitrogens is 1. The van der Waals surface area contributed by atoms with Crippen molar-refractivity contribution in [1.82, 2.24) is 9.29 Å². The Bertz CT molecular complexity index is 1630. The Labute approximate surface area is 240 Å². The number of piperidine rings is 1. The van der Waals surface area contributed by atoms with Crippen molar-refractivity contribution in [2.24, 2.45) is 0 Å². The van der Waals surface area contributed by atoms with Gasteiger partial charge in [-0.2, -0.15) is 4.31 Å². The molecule has 0 saturated carbocycles. The molecule has 0 unspecified atom stereocenters. The quantitative estimate of drug-likeness (QED) is 0.189. The maximum atomic E-state index is 12.8. The number of nitrogens with one attached hydrogen (secondary N) is 1. The highest BCUT2D eigenvalue weighted by molar-refractivity contribution is 7.93. The number of nitro groups is 1. The van der Waals surface area contributed by atoms with E-state index in [-0.39, 0.29) is 37.7 Å². The first kappa shape index (κ1) is 30.2. The normalized spacial score (nSPS) is 14.3. The average molecular weight is 623 g/mol. The molecule has 1 N–H and O–H groups in total. The third-order valence-corrected chi connectivity index (χ3v) is 11.3. The van der Waals surface area contributed by atoms with E-state index in [1.54, 1.807) is 12.1 Å². The van der Waals surface area contributed by atoms with Crippen LogP contribution in [0.5, 0.6) is 0 Å². The second-order valence-corrected chi connectivity index (χ2v) is 14.2. The van der Waals surface area contributed by atoms with E-state index in [9.17, 15) is 36.5 Å². The zero-order valence-electron chi connectivity index (χ0n) is 21.6. The number of nitrogens with zero attached hydrogens (tertiary/aromatic N) is 3. The summed E-state index contributed by atoms with van der Waals surface area (Å²) in [6.07, 6.45) is 3.99. The van der Waals surface area contributed by atoms with Crippen molar-refractivity contribution in [2.75, 3.05) is 25.0 Å². The molecule has 1 amide bonds. The van der Waals surface area contributed by atoms with Crippen LogP contribution in [0.15, 0.2) is 68.7 Å². The zero-order chi connectivity index (χ0) is 29.6. The van der Waals surface area contributed by atoms with E-state index in [1.807, 2.05) is 0 Å². The van der Waals surface area contributed by atoms with Gasteiger partial charge < -0.3 is 4.74 Å². The van der Waals surface area contributed by atoms with E-state index in [2.05, 4.69) is 10.3 Å². The number of carbonyl (C=O) groups is 2. The number of non-ortho nitro benzene ring substituents is 1. The molecule has 1 aliphatic rings. The van der Waals surface area contributed by atoms with E-state index in [1.165, 1.54) is 16.4 Å². The molecule has 1 aliphatic heterocycles. The van der Waals surface area contributed by atoms with E-state index in [0.29, 0.717) is 24.4 Å². The summed E-state index contributed by atoms with van der Waals surface area (Å²) >= 11 is 0.676. The fraction of sp³-hybridized carbons (Fsp3) is 0.320. The summed E-state index contributed by atoms with van der Waals surface area (Å²) in [5.41, 5.74) is 0.473. The topological polar surface area (TPSA) is 183 Å². The van der Waals surface area contributed by atoms with Gasteiger partial charge in [0.1, 0.15) is 4.21 Å². The minimum Gasteiger partial charge on any atom is -0.456 e. The van der Waals surface area contributed by atoms with Crippen LogP contribution in [0, 0.1) is 10.1 Å². The molecular weight excluding hydrogens is 596 g/mol. The third-order valence-electron chi connectivity index (χ3n) is 6.21. The molecule has 41 heavy (non-hydrogen) atoms. The van der Waals surface area contributed by atoms with Gasteiger partial charge in [0.15, 0.2) is 11.7 Å². The number of hydrogen-bond donors (Lipinski definition) is 1. The van der Waals surface area contributed by atoms with Crippen molar-refractivity contribution in [3.63, 3.8) is 0 Å². The van der Waals surface area contributed by atoms with Gasteiger partial charge in [0.25, 0.3) is 11.6 Å². The second kappa shape index (κ2) is 12.8. The number of carbonyl (C=O) groups excluding carboxylic acids is 2. The first-order valence-corrected chi connectivity index (χ1v) is 16.2. The van der Waals surface area contributed by atoms with Crippen LogP contribution in [0.3, 0.4) is 0 Å². The number of anilines is 1. The number of nitro benzene ring substituents is 1. The average Bonchev–Trinajstić information content (AvgIpc) is 3.45. The lowest BCUT2D eigenvalue weighted by Crippen LogP contribution is -2.35. The number of amides is 1. The Balaban J connectivity index is 1.24. The molecule has 13 nitrogen and oxygen atoms in total. The number of rotatable bonds is 11. The monoisotopic (exact) mass is 622 g/mol. The molecule has 0 bridgehead atoms. The molecular formula is C25H26N4O9S3. The van der Waals surface area contributed by atoms with E-state index >= 15 is 0 Å². The Morgan fingerprint density at radius 2 is 1.61 bits per heavy atom. The maximum Gasteiger partial charge on any atom is 0.306 e. The van der Waals surface area contributed by atoms with Gasteiger partial charge in [-0.3, -0.25) is 25.0 Å². The van der Waals surface area contributed by atoms with Crippen LogP contribution in [0.4, 0.5) is 10.8 Å². The van der Waals surface area contributed by atoms with Gasteiger partial charge in [-0.25, -0.2) is 21.8 Å². The van der Waals surface area contributed by atoms with Crippen molar-refractivity contribution < 1.29 is 36.1 Å². The van der Waals surface area contributed by atoms with Crippen molar-refractivity contribution in [1.29, 1.82) is 0 Å². The number of aryl methyl sites for hydroxylation is 1. The van der Waals surface area contributed by atoms with Crippen LogP contribution in [0.25, 0.3) is 0 Å².